The first-order chi connectivity index (χ1) is 10.0. The van der Waals surface area contributed by atoms with E-state index in [2.05, 4.69) is 22.0 Å². The van der Waals surface area contributed by atoms with Crippen molar-refractivity contribution in [3.05, 3.63) is 63.6 Å². The number of rotatable bonds is 4. The van der Waals surface area contributed by atoms with Crippen LogP contribution in [-0.4, -0.2) is 25.0 Å². The van der Waals surface area contributed by atoms with Gasteiger partial charge in [0.25, 0.3) is 5.91 Å². The average Bonchev–Trinajstić information content (AvgIpc) is 2.47. The van der Waals surface area contributed by atoms with Crippen LogP contribution in [-0.2, 0) is 6.54 Å². The van der Waals surface area contributed by atoms with Crippen molar-refractivity contribution in [1.82, 2.24) is 4.90 Å². The molecule has 0 saturated carbocycles. The Bertz CT molecular complexity index is 655. The third kappa shape index (κ3) is 3.85. The Morgan fingerprint density at radius 1 is 1.24 bits per heavy atom. The quantitative estimate of drug-likeness (QED) is 0.835. The van der Waals surface area contributed by atoms with Crippen molar-refractivity contribution in [3.8, 4) is 5.75 Å². The van der Waals surface area contributed by atoms with E-state index >= 15 is 0 Å². The molecule has 0 N–H and O–H groups in total. The van der Waals surface area contributed by atoms with Gasteiger partial charge in [0, 0.05) is 18.1 Å². The molecule has 0 fully saturated rings. The first kappa shape index (κ1) is 15.6. The first-order valence-electron chi connectivity index (χ1n) is 6.66. The van der Waals surface area contributed by atoms with Gasteiger partial charge in [-0.1, -0.05) is 29.8 Å². The summed E-state index contributed by atoms with van der Waals surface area (Å²) in [6.07, 6.45) is 0. The molecule has 0 bridgehead atoms. The maximum Gasteiger partial charge on any atom is 0.255 e. The number of carbonyl (C=O) groups is 1. The predicted molar refractivity (Wildman–Crippen MR) is 87.7 cm³/mol. The smallest absolute Gasteiger partial charge is 0.255 e. The predicted octanol–water partition coefficient (Wildman–Crippen LogP) is 4.04. The molecule has 2 rings (SSSR count). The first-order valence-corrected chi connectivity index (χ1v) is 7.45. The molecule has 0 spiro atoms. The highest BCUT2D eigenvalue weighted by molar-refractivity contribution is 9.10. The minimum Gasteiger partial charge on any atom is -0.497 e. The summed E-state index contributed by atoms with van der Waals surface area (Å²) in [4.78, 5) is 14.3. The fraction of sp³-hybridized carbons (Fsp3) is 0.235. The molecule has 4 heteroatoms. The summed E-state index contributed by atoms with van der Waals surface area (Å²) in [5.74, 6) is 0.632. The fourth-order valence-electron chi connectivity index (χ4n) is 2.16. The highest BCUT2D eigenvalue weighted by atomic mass is 79.9. The number of aryl methyl sites for hydroxylation is 1. The number of nitrogens with zero attached hydrogens (tertiary/aromatic N) is 1. The number of benzene rings is 2. The van der Waals surface area contributed by atoms with E-state index in [1.807, 2.05) is 37.3 Å². The SMILES string of the molecule is COc1ccc(Br)c(C(=O)N(C)Cc2cccc(C)c2)c1. The lowest BCUT2D eigenvalue weighted by atomic mass is 10.1. The Hall–Kier alpha value is -1.81. The summed E-state index contributed by atoms with van der Waals surface area (Å²) < 4.78 is 5.95. The van der Waals surface area contributed by atoms with Gasteiger partial charge < -0.3 is 9.64 Å². The molecule has 0 saturated heterocycles. The Morgan fingerprint density at radius 3 is 2.67 bits per heavy atom. The van der Waals surface area contributed by atoms with Crippen LogP contribution in [0.4, 0.5) is 0 Å². The van der Waals surface area contributed by atoms with Crippen LogP contribution >= 0.6 is 15.9 Å². The van der Waals surface area contributed by atoms with Gasteiger partial charge in [-0.25, -0.2) is 0 Å². The van der Waals surface area contributed by atoms with Gasteiger partial charge in [-0.2, -0.15) is 0 Å². The molecule has 1 amide bonds. The molecule has 110 valence electrons. The second-order valence-corrected chi connectivity index (χ2v) is 5.85. The van der Waals surface area contributed by atoms with E-state index in [0.29, 0.717) is 17.9 Å². The molecule has 0 aliphatic rings. The van der Waals surface area contributed by atoms with E-state index in [0.717, 1.165) is 10.0 Å². The number of methoxy groups -OCH3 is 1. The monoisotopic (exact) mass is 347 g/mol. The summed E-state index contributed by atoms with van der Waals surface area (Å²) in [7, 11) is 3.39. The van der Waals surface area contributed by atoms with E-state index in [1.54, 1.807) is 25.1 Å². The van der Waals surface area contributed by atoms with Crippen LogP contribution in [0.25, 0.3) is 0 Å². The number of ether oxygens (including phenoxy) is 1. The third-order valence-electron chi connectivity index (χ3n) is 3.25. The van der Waals surface area contributed by atoms with Crippen molar-refractivity contribution < 1.29 is 9.53 Å². The normalized spacial score (nSPS) is 10.3. The number of halogens is 1. The fourth-order valence-corrected chi connectivity index (χ4v) is 2.57. The zero-order valence-electron chi connectivity index (χ0n) is 12.4. The molecule has 0 aliphatic heterocycles. The largest absolute Gasteiger partial charge is 0.497 e. The zero-order chi connectivity index (χ0) is 15.4. The minimum absolute atomic E-state index is 0.0396. The molecule has 2 aromatic rings. The zero-order valence-corrected chi connectivity index (χ0v) is 14.0. The van der Waals surface area contributed by atoms with Crippen LogP contribution in [0.1, 0.15) is 21.5 Å². The Labute approximate surface area is 133 Å². The van der Waals surface area contributed by atoms with Crippen LogP contribution in [0.2, 0.25) is 0 Å². The molecule has 0 aliphatic carbocycles. The number of amides is 1. The highest BCUT2D eigenvalue weighted by Crippen LogP contribution is 2.24. The molecule has 0 heterocycles. The topological polar surface area (TPSA) is 29.5 Å². The van der Waals surface area contributed by atoms with Crippen LogP contribution in [0.15, 0.2) is 46.9 Å². The van der Waals surface area contributed by atoms with Crippen molar-refractivity contribution in [2.75, 3.05) is 14.2 Å². The van der Waals surface area contributed by atoms with E-state index < -0.39 is 0 Å². The summed E-state index contributed by atoms with van der Waals surface area (Å²) in [5, 5.41) is 0. The molecule has 0 aromatic heterocycles. The number of hydrogen-bond donors (Lipinski definition) is 0. The second-order valence-electron chi connectivity index (χ2n) is 5.00. The maximum absolute atomic E-state index is 12.6. The number of hydrogen-bond acceptors (Lipinski definition) is 2. The molecule has 21 heavy (non-hydrogen) atoms. The molecular formula is C17H18BrNO2. The van der Waals surface area contributed by atoms with Crippen LogP contribution < -0.4 is 4.74 Å². The third-order valence-corrected chi connectivity index (χ3v) is 3.94. The van der Waals surface area contributed by atoms with E-state index in [9.17, 15) is 4.79 Å². The van der Waals surface area contributed by atoms with Gasteiger partial charge in [0.05, 0.1) is 12.7 Å². The molecule has 0 radical (unpaired) electrons. The average molecular weight is 348 g/mol. The Balaban J connectivity index is 2.19. The van der Waals surface area contributed by atoms with E-state index in [-0.39, 0.29) is 5.91 Å². The summed E-state index contributed by atoms with van der Waals surface area (Å²) in [5.41, 5.74) is 2.91. The molecular weight excluding hydrogens is 330 g/mol. The van der Waals surface area contributed by atoms with Gasteiger partial charge >= 0.3 is 0 Å². The van der Waals surface area contributed by atoms with Gasteiger partial charge in [0.2, 0.25) is 0 Å². The van der Waals surface area contributed by atoms with Crippen molar-refractivity contribution >= 4 is 21.8 Å². The summed E-state index contributed by atoms with van der Waals surface area (Å²) in [6.45, 7) is 2.62. The van der Waals surface area contributed by atoms with Gasteiger partial charge in [0.1, 0.15) is 5.75 Å². The van der Waals surface area contributed by atoms with Gasteiger partial charge in [0.15, 0.2) is 0 Å². The Morgan fingerprint density at radius 2 is 2.00 bits per heavy atom. The lowest BCUT2D eigenvalue weighted by Crippen LogP contribution is -2.26. The van der Waals surface area contributed by atoms with Gasteiger partial charge in [-0.05, 0) is 46.6 Å². The molecule has 3 nitrogen and oxygen atoms in total. The minimum atomic E-state index is -0.0396. The van der Waals surface area contributed by atoms with Crippen molar-refractivity contribution in [1.29, 1.82) is 0 Å². The number of carbonyl (C=O) groups excluding carboxylic acids is 1. The lowest BCUT2D eigenvalue weighted by Gasteiger charge is -2.19. The summed E-state index contributed by atoms with van der Waals surface area (Å²) in [6, 6.07) is 13.6. The summed E-state index contributed by atoms with van der Waals surface area (Å²) >= 11 is 3.42. The molecule has 2 aromatic carbocycles. The Kier molecular flexibility index (Phi) is 5.02. The molecule has 0 unspecified atom stereocenters. The molecule has 0 atom stereocenters. The lowest BCUT2D eigenvalue weighted by molar-refractivity contribution is 0.0784. The van der Waals surface area contributed by atoms with Gasteiger partial charge in [-0.3, -0.25) is 4.79 Å². The van der Waals surface area contributed by atoms with Crippen molar-refractivity contribution in [2.24, 2.45) is 0 Å². The highest BCUT2D eigenvalue weighted by Gasteiger charge is 2.16. The van der Waals surface area contributed by atoms with Crippen LogP contribution in [0.5, 0.6) is 5.75 Å². The van der Waals surface area contributed by atoms with Crippen LogP contribution in [0.3, 0.4) is 0 Å². The second kappa shape index (κ2) is 6.76. The van der Waals surface area contributed by atoms with Crippen molar-refractivity contribution in [3.63, 3.8) is 0 Å². The van der Waals surface area contributed by atoms with E-state index in [1.165, 1.54) is 5.56 Å². The van der Waals surface area contributed by atoms with Gasteiger partial charge in [-0.15, -0.1) is 0 Å². The van der Waals surface area contributed by atoms with E-state index in [4.69, 9.17) is 4.74 Å². The maximum atomic E-state index is 12.6. The standard InChI is InChI=1S/C17H18BrNO2/c1-12-5-4-6-13(9-12)11-19(2)17(20)15-10-14(21-3)7-8-16(15)18/h4-10H,11H2,1-3H3. The van der Waals surface area contributed by atoms with Crippen molar-refractivity contribution in [2.45, 2.75) is 13.5 Å². The van der Waals surface area contributed by atoms with Crippen LogP contribution in [0, 0.1) is 6.92 Å².